The Morgan fingerprint density at radius 3 is 2.80 bits per heavy atom. The van der Waals surface area contributed by atoms with E-state index in [9.17, 15) is 8.42 Å². The molecule has 6 heteroatoms. The number of aromatic nitrogens is 2. The van der Waals surface area contributed by atoms with Crippen molar-refractivity contribution in [3.8, 4) is 0 Å². The summed E-state index contributed by atoms with van der Waals surface area (Å²) in [5.41, 5.74) is 1.36. The van der Waals surface area contributed by atoms with Crippen LogP contribution in [0.1, 0.15) is 6.92 Å². The van der Waals surface area contributed by atoms with E-state index in [2.05, 4.69) is 14.7 Å². The highest BCUT2D eigenvalue weighted by Gasteiger charge is 2.16. The highest BCUT2D eigenvalue weighted by atomic mass is 32.2. The third-order valence-corrected chi connectivity index (χ3v) is 3.33. The Morgan fingerprint density at radius 1 is 1.40 bits per heavy atom. The summed E-state index contributed by atoms with van der Waals surface area (Å²) in [6.45, 7) is 2.07. The van der Waals surface area contributed by atoms with Crippen LogP contribution >= 0.6 is 0 Å². The zero-order valence-electron chi connectivity index (χ0n) is 8.19. The fourth-order valence-electron chi connectivity index (χ4n) is 1.32. The van der Waals surface area contributed by atoms with Gasteiger partial charge in [0.2, 0.25) is 5.16 Å². The molecule has 2 rings (SSSR count). The molecule has 80 valence electrons. The normalized spacial score (nSPS) is 12.1. The Bertz CT molecular complexity index is 541. The van der Waals surface area contributed by atoms with E-state index in [0.717, 1.165) is 0 Å². The van der Waals surface area contributed by atoms with E-state index >= 15 is 0 Å². The van der Waals surface area contributed by atoms with E-state index in [1.54, 1.807) is 19.1 Å². The van der Waals surface area contributed by atoms with Crippen molar-refractivity contribution in [2.24, 2.45) is 0 Å². The third kappa shape index (κ3) is 1.86. The lowest BCUT2D eigenvalue weighted by molar-refractivity contribution is 0.577. The summed E-state index contributed by atoms with van der Waals surface area (Å²) in [5, 5.41) is -0.0365. The standard InChI is InChI=1S/C9H11N3O2S/c1-2-10-15(13,14)9-11-7-5-3-4-6-8(7)12-9/h3-6,10H,2H2,1H3,(H,11,12). The van der Waals surface area contributed by atoms with E-state index in [1.807, 2.05) is 12.1 Å². The topological polar surface area (TPSA) is 74.8 Å². The van der Waals surface area contributed by atoms with Gasteiger partial charge in [0.05, 0.1) is 11.0 Å². The molecule has 5 nitrogen and oxygen atoms in total. The second-order valence-corrected chi connectivity index (χ2v) is 4.74. The fraction of sp³-hybridized carbons (Fsp3) is 0.222. The third-order valence-electron chi connectivity index (χ3n) is 1.96. The number of rotatable bonds is 3. The molecule has 0 saturated carbocycles. The van der Waals surface area contributed by atoms with Gasteiger partial charge in [-0.1, -0.05) is 19.1 Å². The number of para-hydroxylation sites is 2. The molecule has 2 aromatic rings. The number of hydrogen-bond acceptors (Lipinski definition) is 3. The molecule has 0 spiro atoms. The number of sulfonamides is 1. The van der Waals surface area contributed by atoms with Crippen LogP contribution < -0.4 is 4.72 Å². The van der Waals surface area contributed by atoms with E-state index in [1.165, 1.54) is 0 Å². The van der Waals surface area contributed by atoms with E-state index < -0.39 is 10.0 Å². The van der Waals surface area contributed by atoms with Crippen LogP contribution in [-0.4, -0.2) is 24.9 Å². The van der Waals surface area contributed by atoms with Crippen LogP contribution in [-0.2, 0) is 10.0 Å². The average Bonchev–Trinajstić information content (AvgIpc) is 2.61. The summed E-state index contributed by atoms with van der Waals surface area (Å²) < 4.78 is 25.6. The van der Waals surface area contributed by atoms with Gasteiger partial charge in [-0.25, -0.2) is 18.1 Å². The monoisotopic (exact) mass is 225 g/mol. The first kappa shape index (κ1) is 10.1. The van der Waals surface area contributed by atoms with E-state index in [-0.39, 0.29) is 5.16 Å². The Labute approximate surface area is 87.6 Å². The van der Waals surface area contributed by atoms with Gasteiger partial charge >= 0.3 is 0 Å². The molecule has 0 amide bonds. The highest BCUT2D eigenvalue weighted by Crippen LogP contribution is 2.13. The molecule has 0 aliphatic carbocycles. The molecule has 1 heterocycles. The molecule has 15 heavy (non-hydrogen) atoms. The number of hydrogen-bond donors (Lipinski definition) is 2. The molecule has 0 radical (unpaired) electrons. The number of nitrogens with zero attached hydrogens (tertiary/aromatic N) is 1. The largest absolute Gasteiger partial charge is 0.328 e. The Morgan fingerprint density at radius 2 is 2.13 bits per heavy atom. The molecule has 1 aromatic heterocycles. The first-order chi connectivity index (χ1) is 7.13. The van der Waals surface area contributed by atoms with Crippen LogP contribution in [0, 0.1) is 0 Å². The van der Waals surface area contributed by atoms with Crippen LogP contribution in [0.3, 0.4) is 0 Å². The number of aromatic amines is 1. The van der Waals surface area contributed by atoms with Gasteiger partial charge in [-0.3, -0.25) is 0 Å². The summed E-state index contributed by atoms with van der Waals surface area (Å²) in [6, 6.07) is 7.18. The molecule has 2 N–H and O–H groups in total. The average molecular weight is 225 g/mol. The van der Waals surface area contributed by atoms with Gasteiger partial charge in [0.15, 0.2) is 0 Å². The lowest BCUT2D eigenvalue weighted by Gasteiger charge is -1.98. The second kappa shape index (κ2) is 3.63. The summed E-state index contributed by atoms with van der Waals surface area (Å²) in [6.07, 6.45) is 0. The molecule has 0 atom stereocenters. The Hall–Kier alpha value is -1.40. The van der Waals surface area contributed by atoms with Crippen molar-refractivity contribution < 1.29 is 8.42 Å². The van der Waals surface area contributed by atoms with Gasteiger partial charge < -0.3 is 4.98 Å². The van der Waals surface area contributed by atoms with Crippen molar-refractivity contribution >= 4 is 21.1 Å². The van der Waals surface area contributed by atoms with Gasteiger partial charge in [0.25, 0.3) is 10.0 Å². The van der Waals surface area contributed by atoms with Gasteiger partial charge in [-0.2, -0.15) is 0 Å². The molecule has 0 bridgehead atoms. The van der Waals surface area contributed by atoms with Gasteiger partial charge in [0.1, 0.15) is 0 Å². The van der Waals surface area contributed by atoms with Gasteiger partial charge in [0, 0.05) is 6.54 Å². The summed E-state index contributed by atoms with van der Waals surface area (Å²) >= 11 is 0. The minimum Gasteiger partial charge on any atom is -0.328 e. The minimum absolute atomic E-state index is 0.0365. The molecule has 0 aliphatic rings. The van der Waals surface area contributed by atoms with Crippen LogP contribution in [0.5, 0.6) is 0 Å². The molecule has 0 fully saturated rings. The highest BCUT2D eigenvalue weighted by molar-refractivity contribution is 7.89. The molecule has 0 saturated heterocycles. The van der Waals surface area contributed by atoms with Crippen LogP contribution in [0.15, 0.2) is 29.4 Å². The quantitative estimate of drug-likeness (QED) is 0.813. The van der Waals surface area contributed by atoms with Crippen molar-refractivity contribution in [1.29, 1.82) is 0 Å². The Balaban J connectivity index is 2.54. The molecular weight excluding hydrogens is 214 g/mol. The molecule has 1 aromatic carbocycles. The zero-order valence-corrected chi connectivity index (χ0v) is 9.00. The molecule has 0 unspecified atom stereocenters. The van der Waals surface area contributed by atoms with Gasteiger partial charge in [-0.05, 0) is 12.1 Å². The molecular formula is C9H11N3O2S. The zero-order chi connectivity index (χ0) is 10.9. The van der Waals surface area contributed by atoms with Crippen LogP contribution in [0.4, 0.5) is 0 Å². The lowest BCUT2D eigenvalue weighted by Crippen LogP contribution is -2.24. The summed E-state index contributed by atoms with van der Waals surface area (Å²) in [7, 11) is -3.49. The smallest absolute Gasteiger partial charge is 0.274 e. The predicted molar refractivity (Wildman–Crippen MR) is 57.0 cm³/mol. The van der Waals surface area contributed by atoms with Crippen molar-refractivity contribution in [2.75, 3.05) is 6.54 Å². The predicted octanol–water partition coefficient (Wildman–Crippen LogP) is 0.861. The van der Waals surface area contributed by atoms with Crippen molar-refractivity contribution in [3.05, 3.63) is 24.3 Å². The van der Waals surface area contributed by atoms with E-state index in [0.29, 0.717) is 17.6 Å². The van der Waals surface area contributed by atoms with Crippen molar-refractivity contribution in [2.45, 2.75) is 12.1 Å². The van der Waals surface area contributed by atoms with Crippen LogP contribution in [0.2, 0.25) is 0 Å². The maximum absolute atomic E-state index is 11.6. The number of H-pyrrole nitrogens is 1. The number of benzene rings is 1. The summed E-state index contributed by atoms with van der Waals surface area (Å²) in [4.78, 5) is 6.76. The minimum atomic E-state index is -3.49. The maximum Gasteiger partial charge on any atom is 0.274 e. The number of fused-ring (bicyclic) bond motifs is 1. The molecule has 0 aliphatic heterocycles. The second-order valence-electron chi connectivity index (χ2n) is 3.06. The number of nitrogens with one attached hydrogen (secondary N) is 2. The van der Waals surface area contributed by atoms with E-state index in [4.69, 9.17) is 0 Å². The SMILES string of the molecule is CCNS(=O)(=O)c1nc2ccccc2[nH]1. The maximum atomic E-state index is 11.6. The number of imidazole rings is 1. The fourth-order valence-corrected chi connectivity index (χ4v) is 2.29. The van der Waals surface area contributed by atoms with Gasteiger partial charge in [-0.15, -0.1) is 0 Å². The lowest BCUT2D eigenvalue weighted by atomic mass is 10.3. The first-order valence-electron chi connectivity index (χ1n) is 4.58. The van der Waals surface area contributed by atoms with Crippen molar-refractivity contribution in [1.82, 2.24) is 14.7 Å². The van der Waals surface area contributed by atoms with Crippen LogP contribution in [0.25, 0.3) is 11.0 Å². The summed E-state index contributed by atoms with van der Waals surface area (Å²) in [5.74, 6) is 0. The first-order valence-corrected chi connectivity index (χ1v) is 6.06. The Kier molecular flexibility index (Phi) is 2.45. The van der Waals surface area contributed by atoms with Crippen molar-refractivity contribution in [3.63, 3.8) is 0 Å².